The van der Waals surface area contributed by atoms with Crippen molar-refractivity contribution in [1.29, 1.82) is 5.26 Å². The molecule has 192 valence electrons. The van der Waals surface area contributed by atoms with Crippen molar-refractivity contribution in [2.45, 2.75) is 44.9 Å². The average molecular weight is 525 g/mol. The fourth-order valence-corrected chi connectivity index (χ4v) is 6.30. The number of carbonyl (C=O) groups is 2. The van der Waals surface area contributed by atoms with E-state index in [1.165, 1.54) is 16.9 Å². The molecule has 4 aromatic rings. The van der Waals surface area contributed by atoms with Crippen molar-refractivity contribution in [1.82, 2.24) is 0 Å². The molecule has 1 atom stereocenters. The van der Waals surface area contributed by atoms with Gasteiger partial charge in [-0.05, 0) is 55.5 Å². The molecule has 0 radical (unpaired) electrons. The quantitative estimate of drug-likeness (QED) is 0.274. The standard InChI is InChI=1S/C31H28N2O4S/c1-3-36-30(35)27-24-15-16-31(19-32,22-7-5-4-6-8-22)18-26(24)38-29(27)33-28(34)25-14-13-23(37-25)17-21-11-9-20(2)10-12-21/h4-14H,3,15-18H2,1-2H3,(H,33,34). The number of aryl methyl sites for hydroxylation is 1. The summed E-state index contributed by atoms with van der Waals surface area (Å²) in [5.74, 6) is -0.0522. The van der Waals surface area contributed by atoms with E-state index in [2.05, 4.69) is 11.4 Å². The monoisotopic (exact) mass is 524 g/mol. The molecule has 1 aliphatic rings. The number of nitrogens with one attached hydrogen (secondary N) is 1. The molecule has 0 spiro atoms. The summed E-state index contributed by atoms with van der Waals surface area (Å²) in [5, 5.41) is 13.5. The Morgan fingerprint density at radius 3 is 2.58 bits per heavy atom. The van der Waals surface area contributed by atoms with Crippen molar-refractivity contribution in [2.24, 2.45) is 0 Å². The number of benzene rings is 2. The molecule has 0 saturated carbocycles. The van der Waals surface area contributed by atoms with E-state index in [9.17, 15) is 14.9 Å². The van der Waals surface area contributed by atoms with Crippen LogP contribution in [0.15, 0.2) is 71.1 Å². The van der Waals surface area contributed by atoms with E-state index < -0.39 is 17.3 Å². The Bertz CT molecular complexity index is 1510. The number of hydrogen-bond acceptors (Lipinski definition) is 6. The highest BCUT2D eigenvalue weighted by atomic mass is 32.1. The summed E-state index contributed by atoms with van der Waals surface area (Å²) in [5.41, 5.74) is 3.78. The number of rotatable bonds is 7. The van der Waals surface area contributed by atoms with Crippen molar-refractivity contribution in [3.05, 3.63) is 111 Å². The lowest BCUT2D eigenvalue weighted by Gasteiger charge is -2.31. The van der Waals surface area contributed by atoms with Crippen LogP contribution in [0.3, 0.4) is 0 Å². The molecule has 0 fully saturated rings. The zero-order valence-corrected chi connectivity index (χ0v) is 22.2. The average Bonchev–Trinajstić information content (AvgIpc) is 3.54. The highest BCUT2D eigenvalue weighted by molar-refractivity contribution is 7.17. The Labute approximate surface area is 225 Å². The predicted octanol–water partition coefficient (Wildman–Crippen LogP) is 6.62. The zero-order valence-electron chi connectivity index (χ0n) is 21.4. The number of amides is 1. The normalized spacial score (nSPS) is 16.3. The van der Waals surface area contributed by atoms with E-state index in [4.69, 9.17) is 9.15 Å². The van der Waals surface area contributed by atoms with Gasteiger partial charge in [0.15, 0.2) is 5.76 Å². The van der Waals surface area contributed by atoms with Gasteiger partial charge in [0.05, 0.1) is 23.7 Å². The van der Waals surface area contributed by atoms with Crippen molar-refractivity contribution in [3.63, 3.8) is 0 Å². The molecule has 5 rings (SSSR count). The summed E-state index contributed by atoms with van der Waals surface area (Å²) < 4.78 is 11.2. The second kappa shape index (κ2) is 10.7. The summed E-state index contributed by atoms with van der Waals surface area (Å²) in [6.45, 7) is 4.01. The van der Waals surface area contributed by atoms with Gasteiger partial charge in [0.1, 0.15) is 10.8 Å². The molecule has 38 heavy (non-hydrogen) atoms. The van der Waals surface area contributed by atoms with Crippen LogP contribution in [0.25, 0.3) is 0 Å². The largest absolute Gasteiger partial charge is 0.462 e. The second-order valence-electron chi connectivity index (χ2n) is 9.55. The third kappa shape index (κ3) is 5.00. The molecule has 0 bridgehead atoms. The first-order valence-corrected chi connectivity index (χ1v) is 13.5. The van der Waals surface area contributed by atoms with E-state index in [-0.39, 0.29) is 12.4 Å². The topological polar surface area (TPSA) is 92.3 Å². The maximum atomic E-state index is 13.2. The molecule has 1 amide bonds. The molecule has 2 aromatic carbocycles. The third-order valence-electron chi connectivity index (χ3n) is 6.99. The maximum absolute atomic E-state index is 13.2. The maximum Gasteiger partial charge on any atom is 0.341 e. The van der Waals surface area contributed by atoms with Crippen LogP contribution in [-0.2, 0) is 29.4 Å². The van der Waals surface area contributed by atoms with E-state index in [0.717, 1.165) is 21.6 Å². The smallest absolute Gasteiger partial charge is 0.341 e. The van der Waals surface area contributed by atoms with Gasteiger partial charge >= 0.3 is 5.97 Å². The van der Waals surface area contributed by atoms with Crippen molar-refractivity contribution < 1.29 is 18.7 Å². The van der Waals surface area contributed by atoms with Crippen LogP contribution in [0.4, 0.5) is 5.00 Å². The first-order valence-electron chi connectivity index (χ1n) is 12.7. The molecule has 0 saturated heterocycles. The molecule has 1 unspecified atom stereocenters. The molecule has 0 aliphatic heterocycles. The number of esters is 1. The molecule has 2 aromatic heterocycles. The molecule has 6 nitrogen and oxygen atoms in total. The van der Waals surface area contributed by atoms with Crippen molar-refractivity contribution in [2.75, 3.05) is 11.9 Å². The number of ether oxygens (including phenoxy) is 1. The molecule has 7 heteroatoms. The predicted molar refractivity (Wildman–Crippen MR) is 147 cm³/mol. The number of nitriles is 1. The van der Waals surface area contributed by atoms with Gasteiger partial charge in [0.25, 0.3) is 5.91 Å². The first kappa shape index (κ1) is 25.5. The number of anilines is 1. The Hall–Kier alpha value is -4.15. The molecule has 1 aliphatic carbocycles. The fraction of sp³-hybridized carbons (Fsp3) is 0.258. The van der Waals surface area contributed by atoms with Crippen molar-refractivity contribution in [3.8, 4) is 6.07 Å². The summed E-state index contributed by atoms with van der Waals surface area (Å²) in [6, 6.07) is 23.9. The number of nitrogens with zero attached hydrogens (tertiary/aromatic N) is 1. The Morgan fingerprint density at radius 2 is 1.87 bits per heavy atom. The summed E-state index contributed by atoms with van der Waals surface area (Å²) in [6.07, 6.45) is 2.17. The zero-order chi connectivity index (χ0) is 26.7. The molecular weight excluding hydrogens is 496 g/mol. The van der Waals surface area contributed by atoms with Gasteiger partial charge in [-0.3, -0.25) is 4.79 Å². The minimum absolute atomic E-state index is 0.170. The molecule has 1 N–H and O–H groups in total. The minimum atomic E-state index is -0.682. The van der Waals surface area contributed by atoms with Crippen LogP contribution in [0.2, 0.25) is 0 Å². The lowest BCUT2D eigenvalue weighted by molar-refractivity contribution is 0.0526. The second-order valence-corrected chi connectivity index (χ2v) is 10.7. The third-order valence-corrected chi connectivity index (χ3v) is 8.13. The van der Waals surface area contributed by atoms with Crippen LogP contribution < -0.4 is 5.32 Å². The Balaban J connectivity index is 1.41. The van der Waals surface area contributed by atoms with Gasteiger partial charge < -0.3 is 14.5 Å². The number of hydrogen-bond donors (Lipinski definition) is 1. The van der Waals surface area contributed by atoms with E-state index in [1.54, 1.807) is 19.1 Å². The number of fused-ring (bicyclic) bond motifs is 1. The minimum Gasteiger partial charge on any atom is -0.462 e. The lowest BCUT2D eigenvalue weighted by atomic mass is 9.70. The Morgan fingerprint density at radius 1 is 1.11 bits per heavy atom. The van der Waals surface area contributed by atoms with E-state index >= 15 is 0 Å². The molecular formula is C31H28N2O4S. The number of thiophene rings is 1. The number of furan rings is 1. The van der Waals surface area contributed by atoms with Crippen LogP contribution in [0, 0.1) is 18.3 Å². The van der Waals surface area contributed by atoms with Gasteiger partial charge in [-0.15, -0.1) is 11.3 Å². The summed E-state index contributed by atoms with van der Waals surface area (Å²) in [4.78, 5) is 27.1. The molecule has 2 heterocycles. The lowest BCUT2D eigenvalue weighted by Crippen LogP contribution is -2.31. The summed E-state index contributed by atoms with van der Waals surface area (Å²) in [7, 11) is 0. The first-order chi connectivity index (χ1) is 18.4. The highest BCUT2D eigenvalue weighted by Gasteiger charge is 2.40. The van der Waals surface area contributed by atoms with Gasteiger partial charge in [-0.25, -0.2) is 4.79 Å². The van der Waals surface area contributed by atoms with Gasteiger partial charge in [0.2, 0.25) is 0 Å². The fourth-order valence-electron chi connectivity index (χ4n) is 4.96. The number of carbonyl (C=O) groups excluding carboxylic acids is 2. The highest BCUT2D eigenvalue weighted by Crippen LogP contribution is 2.45. The van der Waals surface area contributed by atoms with Crippen LogP contribution >= 0.6 is 11.3 Å². The van der Waals surface area contributed by atoms with E-state index in [1.807, 2.05) is 61.5 Å². The van der Waals surface area contributed by atoms with Gasteiger partial charge in [-0.2, -0.15) is 5.26 Å². The van der Waals surface area contributed by atoms with Crippen LogP contribution in [-0.4, -0.2) is 18.5 Å². The van der Waals surface area contributed by atoms with Crippen LogP contribution in [0.1, 0.15) is 67.1 Å². The van der Waals surface area contributed by atoms with E-state index in [0.29, 0.717) is 42.0 Å². The van der Waals surface area contributed by atoms with Gasteiger partial charge in [0, 0.05) is 17.7 Å². The summed E-state index contributed by atoms with van der Waals surface area (Å²) >= 11 is 1.34. The van der Waals surface area contributed by atoms with Crippen LogP contribution in [0.5, 0.6) is 0 Å². The SMILES string of the molecule is CCOC(=O)c1c(NC(=O)c2ccc(Cc3ccc(C)cc3)o2)sc2c1CCC(C#N)(c1ccccc1)C2. The Kier molecular flexibility index (Phi) is 7.17. The van der Waals surface area contributed by atoms with Crippen molar-refractivity contribution >= 4 is 28.2 Å². The van der Waals surface area contributed by atoms with Gasteiger partial charge in [-0.1, -0.05) is 60.2 Å².